The summed E-state index contributed by atoms with van der Waals surface area (Å²) in [6, 6.07) is 0. The van der Waals surface area contributed by atoms with Gasteiger partial charge in [-0.2, -0.15) is 87.8 Å². The van der Waals surface area contributed by atoms with Crippen LogP contribution >= 0.6 is 0 Å². The fourth-order valence-corrected chi connectivity index (χ4v) is 2.08. The van der Waals surface area contributed by atoms with Crippen molar-refractivity contribution >= 4 is 5.97 Å². The van der Waals surface area contributed by atoms with Crippen LogP contribution in [-0.4, -0.2) is 90.6 Å². The van der Waals surface area contributed by atoms with Gasteiger partial charge in [0.15, 0.2) is 0 Å². The lowest BCUT2D eigenvalue weighted by Gasteiger charge is -2.43. The summed E-state index contributed by atoms with van der Waals surface area (Å²) in [7, 11) is 0. The average Bonchev–Trinajstić information content (AvgIpc) is 2.71. The number of halogens is 27. The summed E-state index contributed by atoms with van der Waals surface area (Å²) in [6.07, 6.45) is -80.9. The molecule has 0 aromatic rings. The van der Waals surface area contributed by atoms with Crippen molar-refractivity contribution in [2.24, 2.45) is 0 Å². The first-order chi connectivity index (χ1) is 20.7. The highest BCUT2D eigenvalue weighted by molar-refractivity contribution is 5.73. The number of hydrogen-bond donors (Lipinski definition) is 1. The first-order valence-corrected chi connectivity index (χ1v) is 9.73. The average molecular weight is 810 g/mol. The first kappa shape index (κ1) is 46.3. The number of carbonyl (C=O) groups is 1. The van der Waals surface area contributed by atoms with Gasteiger partial charge in [-0.15, -0.1) is 30.7 Å². The van der Waals surface area contributed by atoms with E-state index >= 15 is 0 Å². The van der Waals surface area contributed by atoms with Crippen LogP contribution in [0.4, 0.5) is 119 Å². The standard InChI is InChI=1S/C14HF27O8/c15-2(16,1(42)43)44-13(38,39)49-14(40,41)47-5(19,8(26,27)28)10(31,32)45-3(17,6(20,21)22)9(29,30)46-4(18,7(23,24)25)11(33,34)48-12(35,36)37/h(H,42,43). The molecule has 0 aromatic heterocycles. The van der Waals surface area contributed by atoms with Crippen molar-refractivity contribution in [1.29, 1.82) is 0 Å². The van der Waals surface area contributed by atoms with Crippen LogP contribution in [0.5, 0.6) is 0 Å². The van der Waals surface area contributed by atoms with Crippen molar-refractivity contribution in [3.63, 3.8) is 0 Å². The van der Waals surface area contributed by atoms with Crippen molar-refractivity contribution in [2.45, 2.75) is 79.5 Å². The number of hydrogen-bond acceptors (Lipinski definition) is 7. The van der Waals surface area contributed by atoms with Gasteiger partial charge in [0, 0.05) is 0 Å². The molecule has 35 heteroatoms. The minimum absolute atomic E-state index is 0.939. The molecule has 3 atom stereocenters. The summed E-state index contributed by atoms with van der Waals surface area (Å²) in [5, 5.41) is 7.76. The van der Waals surface area contributed by atoms with Gasteiger partial charge in [0.1, 0.15) is 0 Å². The summed E-state index contributed by atoms with van der Waals surface area (Å²) in [6.45, 7) is 0. The number of alkyl halides is 27. The van der Waals surface area contributed by atoms with Gasteiger partial charge in [-0.3, -0.25) is 9.47 Å². The molecule has 0 radical (unpaired) electrons. The summed E-state index contributed by atoms with van der Waals surface area (Å²) >= 11 is 0. The van der Waals surface area contributed by atoms with Crippen LogP contribution in [-0.2, 0) is 33.2 Å². The van der Waals surface area contributed by atoms with E-state index in [0.717, 1.165) is 14.2 Å². The molecule has 0 saturated heterocycles. The number of aliphatic carboxylic acids is 1. The zero-order chi connectivity index (χ0) is 40.3. The molecule has 0 heterocycles. The van der Waals surface area contributed by atoms with E-state index in [4.69, 9.17) is 5.11 Å². The second kappa shape index (κ2) is 12.5. The molecular weight excluding hydrogens is 809 g/mol. The third-order valence-electron chi connectivity index (χ3n) is 3.99. The molecule has 0 bridgehead atoms. The van der Waals surface area contributed by atoms with Crippen molar-refractivity contribution in [1.82, 2.24) is 0 Å². The molecule has 294 valence electrons. The third-order valence-corrected chi connectivity index (χ3v) is 3.99. The van der Waals surface area contributed by atoms with Crippen molar-refractivity contribution in [3.8, 4) is 0 Å². The molecule has 0 aliphatic rings. The Morgan fingerprint density at radius 2 is 0.592 bits per heavy atom. The monoisotopic (exact) mass is 810 g/mol. The zero-order valence-corrected chi connectivity index (χ0v) is 20.5. The lowest BCUT2D eigenvalue weighted by molar-refractivity contribution is -0.613. The van der Waals surface area contributed by atoms with Crippen LogP contribution in [0.2, 0.25) is 0 Å². The molecule has 49 heavy (non-hydrogen) atoms. The van der Waals surface area contributed by atoms with Crippen LogP contribution in [0, 0.1) is 0 Å². The maximum Gasteiger partial charge on any atom is 0.527 e. The molecule has 0 aliphatic heterocycles. The van der Waals surface area contributed by atoms with E-state index in [1.807, 2.05) is 0 Å². The molecule has 0 fully saturated rings. The van der Waals surface area contributed by atoms with Crippen LogP contribution < -0.4 is 0 Å². The molecule has 8 nitrogen and oxygen atoms in total. The van der Waals surface area contributed by atoms with E-state index in [9.17, 15) is 123 Å². The predicted molar refractivity (Wildman–Crippen MR) is 79.6 cm³/mol. The minimum atomic E-state index is -9.06. The van der Waals surface area contributed by atoms with Crippen molar-refractivity contribution in [2.75, 3.05) is 0 Å². The molecule has 0 amide bonds. The Balaban J connectivity index is 7.28. The normalized spacial score (nSPS) is 19.2. The summed E-state index contributed by atoms with van der Waals surface area (Å²) < 4.78 is 362. The number of rotatable bonds is 15. The maximum atomic E-state index is 14.3. The molecule has 3 unspecified atom stereocenters. The smallest absolute Gasteiger partial charge is 0.475 e. The molecule has 1 N–H and O–H groups in total. The topological polar surface area (TPSA) is 92.7 Å². The van der Waals surface area contributed by atoms with Crippen LogP contribution in [0.3, 0.4) is 0 Å². The molecular formula is C14HF27O8. The lowest BCUT2D eigenvalue weighted by atomic mass is 10.2. The van der Waals surface area contributed by atoms with Crippen LogP contribution in [0.1, 0.15) is 0 Å². The fourth-order valence-electron chi connectivity index (χ4n) is 2.08. The van der Waals surface area contributed by atoms with Gasteiger partial charge >= 0.3 is 85.4 Å². The van der Waals surface area contributed by atoms with Gasteiger partial charge in [0.05, 0.1) is 0 Å². The number of ether oxygens (including phenoxy) is 6. The largest absolute Gasteiger partial charge is 0.527 e. The third kappa shape index (κ3) is 9.78. The van der Waals surface area contributed by atoms with Gasteiger partial charge < -0.3 is 5.11 Å². The minimum Gasteiger partial charge on any atom is -0.475 e. The number of carboxylic acid groups (broad SMARTS) is 1. The van der Waals surface area contributed by atoms with E-state index in [2.05, 4.69) is 0 Å². The highest BCUT2D eigenvalue weighted by atomic mass is 19.4. The lowest BCUT2D eigenvalue weighted by Crippen LogP contribution is -2.71. The fraction of sp³-hybridized carbons (Fsp3) is 0.929. The van der Waals surface area contributed by atoms with Crippen molar-refractivity contribution < 1.29 is 157 Å². The van der Waals surface area contributed by atoms with E-state index in [-0.39, 0.29) is 0 Å². The Morgan fingerprint density at radius 1 is 0.347 bits per heavy atom. The highest BCUT2D eigenvalue weighted by Gasteiger charge is 2.88. The van der Waals surface area contributed by atoms with Gasteiger partial charge in [0.25, 0.3) is 0 Å². The van der Waals surface area contributed by atoms with Gasteiger partial charge in [-0.05, 0) is 0 Å². The van der Waals surface area contributed by atoms with Gasteiger partial charge in [-0.25, -0.2) is 23.7 Å². The molecule has 0 rings (SSSR count). The Labute approximate surface area is 244 Å². The van der Waals surface area contributed by atoms with Gasteiger partial charge in [-0.1, -0.05) is 0 Å². The SMILES string of the molecule is O=C(O)C(F)(F)OC(F)(F)OC(F)(F)OC(F)(C(F)(F)F)C(F)(F)OC(F)(C(F)(F)F)C(F)(F)OC(F)(C(F)(F)F)C(F)(F)OC(F)(F)F. The molecule has 0 aromatic carbocycles. The summed E-state index contributed by atoms with van der Waals surface area (Å²) in [4.78, 5) is 9.92. The highest BCUT2D eigenvalue weighted by Crippen LogP contribution is 2.59. The zero-order valence-electron chi connectivity index (χ0n) is 20.5. The Kier molecular flexibility index (Phi) is 11.9. The maximum absolute atomic E-state index is 14.3. The van der Waals surface area contributed by atoms with E-state index in [1.54, 1.807) is 4.74 Å². The van der Waals surface area contributed by atoms with E-state index in [1.165, 1.54) is 9.47 Å². The van der Waals surface area contributed by atoms with Crippen LogP contribution in [0.25, 0.3) is 0 Å². The second-order valence-corrected chi connectivity index (χ2v) is 7.64. The Hall–Kier alpha value is -2.66. The first-order valence-electron chi connectivity index (χ1n) is 9.73. The molecule has 0 saturated carbocycles. The van der Waals surface area contributed by atoms with E-state index in [0.29, 0.717) is 0 Å². The summed E-state index contributed by atoms with van der Waals surface area (Å²) in [5.41, 5.74) is 0. The summed E-state index contributed by atoms with van der Waals surface area (Å²) in [5.74, 6) is -30.4. The van der Waals surface area contributed by atoms with E-state index < -0.39 is 85.4 Å². The van der Waals surface area contributed by atoms with Gasteiger partial charge in [0.2, 0.25) is 0 Å². The second-order valence-electron chi connectivity index (χ2n) is 7.64. The quantitative estimate of drug-likeness (QED) is 0.132. The van der Waals surface area contributed by atoms with Crippen LogP contribution in [0.15, 0.2) is 0 Å². The Morgan fingerprint density at radius 3 is 0.837 bits per heavy atom. The molecule has 0 aliphatic carbocycles. The molecule has 0 spiro atoms. The Bertz CT molecular complexity index is 1170. The number of carboxylic acids is 1. The van der Waals surface area contributed by atoms with Crippen molar-refractivity contribution in [3.05, 3.63) is 0 Å². The predicted octanol–water partition coefficient (Wildman–Crippen LogP) is 7.85.